The number of carbonyl (C=O) groups is 1. The van der Waals surface area contributed by atoms with Gasteiger partial charge in [-0.1, -0.05) is 29.8 Å². The summed E-state index contributed by atoms with van der Waals surface area (Å²) in [6.07, 6.45) is 3.45. The Morgan fingerprint density at radius 2 is 1.80 bits per heavy atom. The van der Waals surface area contributed by atoms with E-state index in [0.29, 0.717) is 16.3 Å². The number of aryl methyl sites for hydroxylation is 1. The van der Waals surface area contributed by atoms with Crippen molar-refractivity contribution < 1.29 is 4.79 Å². The van der Waals surface area contributed by atoms with Crippen molar-refractivity contribution in [1.29, 1.82) is 0 Å². The summed E-state index contributed by atoms with van der Waals surface area (Å²) in [5.74, 6) is -0.184. The van der Waals surface area contributed by atoms with E-state index in [1.807, 2.05) is 61.3 Å². The fourth-order valence-corrected chi connectivity index (χ4v) is 2.71. The van der Waals surface area contributed by atoms with Crippen LogP contribution in [0.4, 0.5) is 17.1 Å². The summed E-state index contributed by atoms with van der Waals surface area (Å²) in [7, 11) is 1.92. The van der Waals surface area contributed by atoms with Gasteiger partial charge < -0.3 is 10.2 Å². The summed E-state index contributed by atoms with van der Waals surface area (Å²) >= 11 is 6.14. The summed E-state index contributed by atoms with van der Waals surface area (Å²) in [4.78, 5) is 18.8. The van der Waals surface area contributed by atoms with Crippen molar-refractivity contribution in [2.24, 2.45) is 0 Å². The van der Waals surface area contributed by atoms with Crippen LogP contribution >= 0.6 is 11.6 Å². The van der Waals surface area contributed by atoms with E-state index in [2.05, 4.69) is 10.3 Å². The predicted molar refractivity (Wildman–Crippen MR) is 103 cm³/mol. The van der Waals surface area contributed by atoms with Gasteiger partial charge in [0, 0.05) is 35.8 Å². The normalized spacial score (nSPS) is 10.4. The zero-order valence-electron chi connectivity index (χ0n) is 14.0. The van der Waals surface area contributed by atoms with Crippen molar-refractivity contribution in [3.05, 3.63) is 83.1 Å². The SMILES string of the molecule is Cc1ccc(NC(=O)c2ccccc2N(C)c2ccncc2)cc1Cl. The molecule has 0 saturated heterocycles. The number of halogens is 1. The fraction of sp³-hybridized carbons (Fsp3) is 0.100. The number of nitrogens with zero attached hydrogens (tertiary/aromatic N) is 2. The maximum atomic E-state index is 12.8. The number of hydrogen-bond donors (Lipinski definition) is 1. The second-order valence-corrected chi connectivity index (χ2v) is 6.11. The van der Waals surface area contributed by atoms with Gasteiger partial charge in [0.2, 0.25) is 0 Å². The quantitative estimate of drug-likeness (QED) is 0.714. The number of amides is 1. The highest BCUT2D eigenvalue weighted by atomic mass is 35.5. The third-order valence-corrected chi connectivity index (χ3v) is 4.40. The highest BCUT2D eigenvalue weighted by molar-refractivity contribution is 6.31. The lowest BCUT2D eigenvalue weighted by Gasteiger charge is -2.22. The predicted octanol–water partition coefficient (Wildman–Crippen LogP) is 5.06. The second-order valence-electron chi connectivity index (χ2n) is 5.70. The molecule has 0 fully saturated rings. The third-order valence-electron chi connectivity index (χ3n) is 3.99. The smallest absolute Gasteiger partial charge is 0.257 e. The highest BCUT2D eigenvalue weighted by Crippen LogP contribution is 2.27. The van der Waals surface area contributed by atoms with Crippen LogP contribution in [0, 0.1) is 6.92 Å². The first kappa shape index (κ1) is 17.0. The van der Waals surface area contributed by atoms with Gasteiger partial charge in [-0.15, -0.1) is 0 Å². The maximum Gasteiger partial charge on any atom is 0.257 e. The van der Waals surface area contributed by atoms with Gasteiger partial charge >= 0.3 is 0 Å². The standard InChI is InChI=1S/C20H18ClN3O/c1-14-7-8-15(13-18(14)21)23-20(25)17-5-3-4-6-19(17)24(2)16-9-11-22-12-10-16/h3-13H,1-2H3,(H,23,25). The second kappa shape index (κ2) is 7.36. The van der Waals surface area contributed by atoms with Gasteiger partial charge in [-0.2, -0.15) is 0 Å². The van der Waals surface area contributed by atoms with Crippen LogP contribution in [-0.4, -0.2) is 17.9 Å². The molecule has 0 spiro atoms. The number of rotatable bonds is 4. The minimum atomic E-state index is -0.184. The molecule has 0 radical (unpaired) electrons. The molecule has 0 aliphatic rings. The molecule has 25 heavy (non-hydrogen) atoms. The Morgan fingerprint density at radius 3 is 2.52 bits per heavy atom. The average Bonchev–Trinajstić information content (AvgIpc) is 2.65. The van der Waals surface area contributed by atoms with Crippen molar-refractivity contribution in [3.8, 4) is 0 Å². The van der Waals surface area contributed by atoms with E-state index in [4.69, 9.17) is 11.6 Å². The molecule has 126 valence electrons. The molecule has 1 amide bonds. The summed E-state index contributed by atoms with van der Waals surface area (Å²) < 4.78 is 0. The molecule has 0 aliphatic carbocycles. The van der Waals surface area contributed by atoms with Crippen LogP contribution in [0.1, 0.15) is 15.9 Å². The molecule has 1 aromatic heterocycles. The molecule has 0 atom stereocenters. The van der Waals surface area contributed by atoms with Gasteiger partial charge in [-0.05, 0) is 48.9 Å². The van der Waals surface area contributed by atoms with E-state index in [1.165, 1.54) is 0 Å². The molecule has 1 heterocycles. The number of nitrogens with one attached hydrogen (secondary N) is 1. The Kier molecular flexibility index (Phi) is 5.00. The van der Waals surface area contributed by atoms with Crippen molar-refractivity contribution in [1.82, 2.24) is 4.98 Å². The van der Waals surface area contributed by atoms with Crippen LogP contribution in [0.15, 0.2) is 67.0 Å². The summed E-state index contributed by atoms with van der Waals surface area (Å²) in [6, 6.07) is 16.7. The molecule has 5 heteroatoms. The van der Waals surface area contributed by atoms with Gasteiger partial charge in [0.15, 0.2) is 0 Å². The van der Waals surface area contributed by atoms with E-state index in [0.717, 1.165) is 16.9 Å². The zero-order valence-corrected chi connectivity index (χ0v) is 14.8. The van der Waals surface area contributed by atoms with Crippen LogP contribution in [0.3, 0.4) is 0 Å². The number of hydrogen-bond acceptors (Lipinski definition) is 3. The zero-order chi connectivity index (χ0) is 17.8. The molecule has 0 unspecified atom stereocenters. The van der Waals surface area contributed by atoms with Crippen molar-refractivity contribution >= 4 is 34.6 Å². The van der Waals surface area contributed by atoms with E-state index >= 15 is 0 Å². The lowest BCUT2D eigenvalue weighted by atomic mass is 10.1. The van der Waals surface area contributed by atoms with Gasteiger partial charge in [-0.3, -0.25) is 9.78 Å². The van der Waals surface area contributed by atoms with Crippen molar-refractivity contribution in [3.63, 3.8) is 0 Å². The molecule has 0 aliphatic heterocycles. The molecule has 0 bridgehead atoms. The number of benzene rings is 2. The number of para-hydroxylation sites is 1. The monoisotopic (exact) mass is 351 g/mol. The minimum Gasteiger partial charge on any atom is -0.344 e. The lowest BCUT2D eigenvalue weighted by molar-refractivity contribution is 0.102. The molecular weight excluding hydrogens is 334 g/mol. The maximum absolute atomic E-state index is 12.8. The largest absolute Gasteiger partial charge is 0.344 e. The molecule has 3 aromatic rings. The van der Waals surface area contributed by atoms with Crippen LogP contribution in [0.5, 0.6) is 0 Å². The van der Waals surface area contributed by atoms with E-state index in [-0.39, 0.29) is 5.91 Å². The molecule has 0 saturated carbocycles. The number of anilines is 3. The van der Waals surface area contributed by atoms with Crippen molar-refractivity contribution in [2.45, 2.75) is 6.92 Å². The van der Waals surface area contributed by atoms with E-state index < -0.39 is 0 Å². The summed E-state index contributed by atoms with van der Waals surface area (Å²) in [5, 5.41) is 3.54. The van der Waals surface area contributed by atoms with Crippen LogP contribution < -0.4 is 10.2 Å². The number of pyridine rings is 1. The molecule has 3 rings (SSSR count). The molecule has 4 nitrogen and oxygen atoms in total. The number of carbonyl (C=O) groups excluding carboxylic acids is 1. The van der Waals surface area contributed by atoms with Crippen molar-refractivity contribution in [2.75, 3.05) is 17.3 Å². The highest BCUT2D eigenvalue weighted by Gasteiger charge is 2.15. The van der Waals surface area contributed by atoms with Gasteiger partial charge in [0.25, 0.3) is 5.91 Å². The van der Waals surface area contributed by atoms with E-state index in [9.17, 15) is 4.79 Å². The Labute approximate surface area is 152 Å². The van der Waals surface area contributed by atoms with Crippen LogP contribution in [0.25, 0.3) is 0 Å². The van der Waals surface area contributed by atoms with Crippen LogP contribution in [-0.2, 0) is 0 Å². The van der Waals surface area contributed by atoms with Gasteiger partial charge in [0.05, 0.1) is 11.3 Å². The minimum absolute atomic E-state index is 0.184. The first-order chi connectivity index (χ1) is 12.1. The summed E-state index contributed by atoms with van der Waals surface area (Å²) in [5.41, 5.74) is 3.98. The molecule has 2 aromatic carbocycles. The first-order valence-electron chi connectivity index (χ1n) is 7.86. The third kappa shape index (κ3) is 3.80. The Bertz CT molecular complexity index is 896. The molecule has 1 N–H and O–H groups in total. The topological polar surface area (TPSA) is 45.2 Å². The average molecular weight is 352 g/mol. The Hall–Kier alpha value is -2.85. The Morgan fingerprint density at radius 1 is 1.08 bits per heavy atom. The first-order valence-corrected chi connectivity index (χ1v) is 8.24. The lowest BCUT2D eigenvalue weighted by Crippen LogP contribution is -2.18. The molecular formula is C20H18ClN3O. The Balaban J connectivity index is 1.89. The van der Waals surface area contributed by atoms with Gasteiger partial charge in [-0.25, -0.2) is 0 Å². The van der Waals surface area contributed by atoms with E-state index in [1.54, 1.807) is 24.5 Å². The summed E-state index contributed by atoms with van der Waals surface area (Å²) in [6.45, 7) is 1.92. The van der Waals surface area contributed by atoms with Crippen LogP contribution in [0.2, 0.25) is 5.02 Å². The van der Waals surface area contributed by atoms with Gasteiger partial charge in [0.1, 0.15) is 0 Å². The fourth-order valence-electron chi connectivity index (χ4n) is 2.53. The number of aromatic nitrogens is 1.